The number of rotatable bonds is 7. The summed E-state index contributed by atoms with van der Waals surface area (Å²) in [6, 6.07) is 21.8. The molecule has 0 bridgehead atoms. The van der Waals surface area contributed by atoms with Gasteiger partial charge in [-0.25, -0.2) is 10.2 Å². The zero-order valence-corrected chi connectivity index (χ0v) is 24.0. The second-order valence-corrected chi connectivity index (χ2v) is 11.1. The fraction of sp³-hybridized carbons (Fsp3) is 0.324. The van der Waals surface area contributed by atoms with Gasteiger partial charge in [0.05, 0.1) is 37.6 Å². The second-order valence-electron chi connectivity index (χ2n) is 11.1. The highest BCUT2D eigenvalue weighted by Crippen LogP contribution is 2.50. The van der Waals surface area contributed by atoms with E-state index in [0.717, 1.165) is 61.8 Å². The first-order valence-electron chi connectivity index (χ1n) is 14.5. The molecule has 0 unspecified atom stereocenters. The third-order valence-electron chi connectivity index (χ3n) is 8.52. The number of methoxy groups -OCH3 is 1. The van der Waals surface area contributed by atoms with E-state index in [2.05, 4.69) is 45.0 Å². The molecule has 0 spiro atoms. The maximum absolute atomic E-state index is 12.8. The Kier molecular flexibility index (Phi) is 8.17. The van der Waals surface area contributed by atoms with Crippen molar-refractivity contribution in [3.63, 3.8) is 0 Å². The number of hydrogen-bond acceptors (Lipinski definition) is 7. The number of benzene rings is 3. The van der Waals surface area contributed by atoms with Crippen LogP contribution in [0.25, 0.3) is 0 Å². The molecule has 2 N–H and O–H groups in total. The summed E-state index contributed by atoms with van der Waals surface area (Å²) in [5.41, 5.74) is 10.2. The van der Waals surface area contributed by atoms with Gasteiger partial charge in [-0.05, 0) is 77.9 Å². The highest BCUT2D eigenvalue weighted by Gasteiger charge is 2.38. The molecule has 8 heteroatoms. The summed E-state index contributed by atoms with van der Waals surface area (Å²) in [6.45, 7) is 6.17. The molecule has 0 saturated carbocycles. The molecular formula is C34H36N4O4. The predicted octanol–water partition coefficient (Wildman–Crippen LogP) is 5.29. The number of fused-ring (bicyclic) bond motifs is 3. The van der Waals surface area contributed by atoms with Crippen molar-refractivity contribution in [2.45, 2.75) is 31.8 Å². The molecule has 3 aromatic carbocycles. The molecule has 216 valence electrons. The predicted molar refractivity (Wildman–Crippen MR) is 163 cm³/mol. The molecule has 3 aromatic rings. The number of allylic oxidation sites excluding steroid dienone is 2. The normalized spacial score (nSPS) is 21.7. The van der Waals surface area contributed by atoms with Crippen LogP contribution >= 0.6 is 0 Å². The first-order chi connectivity index (χ1) is 20.5. The molecule has 1 aliphatic carbocycles. The van der Waals surface area contributed by atoms with Crippen molar-refractivity contribution in [2.24, 2.45) is 11.0 Å². The lowest BCUT2D eigenvalue weighted by molar-refractivity contribution is 0.0342. The first-order valence-corrected chi connectivity index (χ1v) is 14.5. The summed E-state index contributed by atoms with van der Waals surface area (Å²) in [5.74, 6) is 0.0681. The van der Waals surface area contributed by atoms with Crippen molar-refractivity contribution < 1.29 is 19.1 Å². The monoisotopic (exact) mass is 564 g/mol. The molecule has 8 nitrogen and oxygen atoms in total. The molecule has 6 rings (SSSR count). The van der Waals surface area contributed by atoms with Crippen molar-refractivity contribution in [1.29, 1.82) is 0 Å². The smallest absolute Gasteiger partial charge is 0.337 e. The number of amides is 1. The van der Waals surface area contributed by atoms with E-state index in [9.17, 15) is 9.59 Å². The van der Waals surface area contributed by atoms with Gasteiger partial charge in [0.1, 0.15) is 0 Å². The Bertz CT molecular complexity index is 1510. The van der Waals surface area contributed by atoms with Crippen LogP contribution in [0.5, 0.6) is 0 Å². The average molecular weight is 565 g/mol. The summed E-state index contributed by atoms with van der Waals surface area (Å²) in [6.07, 6.45) is 5.52. The molecule has 2 heterocycles. The fourth-order valence-corrected chi connectivity index (χ4v) is 6.14. The van der Waals surface area contributed by atoms with Crippen LogP contribution in [0, 0.1) is 5.92 Å². The summed E-state index contributed by atoms with van der Waals surface area (Å²) in [5, 5.41) is 8.17. The minimum atomic E-state index is -0.331. The van der Waals surface area contributed by atoms with Crippen LogP contribution in [0.3, 0.4) is 0 Å². The van der Waals surface area contributed by atoms with E-state index in [0.29, 0.717) is 17.0 Å². The van der Waals surface area contributed by atoms with Gasteiger partial charge in [0.2, 0.25) is 0 Å². The zero-order chi connectivity index (χ0) is 29.1. The molecule has 0 radical (unpaired) electrons. The number of hydrazone groups is 1. The number of nitrogens with one attached hydrogen (secondary N) is 2. The van der Waals surface area contributed by atoms with E-state index < -0.39 is 0 Å². The lowest BCUT2D eigenvalue weighted by atomic mass is 9.76. The van der Waals surface area contributed by atoms with Crippen LogP contribution in [-0.4, -0.2) is 55.9 Å². The minimum absolute atomic E-state index is 0.129. The molecule has 1 fully saturated rings. The molecule has 1 saturated heterocycles. The molecule has 3 atom stereocenters. The summed E-state index contributed by atoms with van der Waals surface area (Å²) in [4.78, 5) is 27.1. The Balaban J connectivity index is 1.13. The van der Waals surface area contributed by atoms with Crippen LogP contribution in [0.2, 0.25) is 0 Å². The number of nitrogens with zero attached hydrogens (tertiary/aromatic N) is 2. The zero-order valence-electron chi connectivity index (χ0n) is 24.0. The van der Waals surface area contributed by atoms with Crippen molar-refractivity contribution in [2.75, 3.05) is 38.7 Å². The molecule has 3 aliphatic rings. The lowest BCUT2D eigenvalue weighted by Gasteiger charge is -2.37. The number of esters is 1. The maximum atomic E-state index is 12.8. The molecule has 42 heavy (non-hydrogen) atoms. The van der Waals surface area contributed by atoms with Gasteiger partial charge in [-0.3, -0.25) is 9.69 Å². The number of morpholine rings is 1. The van der Waals surface area contributed by atoms with Crippen molar-refractivity contribution in [3.8, 4) is 0 Å². The fourth-order valence-electron chi connectivity index (χ4n) is 6.14. The third-order valence-corrected chi connectivity index (χ3v) is 8.52. The van der Waals surface area contributed by atoms with Gasteiger partial charge in [0.15, 0.2) is 0 Å². The van der Waals surface area contributed by atoms with E-state index in [4.69, 9.17) is 9.47 Å². The lowest BCUT2D eigenvalue weighted by Crippen LogP contribution is -2.35. The van der Waals surface area contributed by atoms with Crippen LogP contribution in [0.4, 0.5) is 5.69 Å². The number of anilines is 1. The summed E-state index contributed by atoms with van der Waals surface area (Å²) < 4.78 is 10.3. The SMILES string of the molecule is COC(=O)c1ccc([C@@H]2Nc3ccc(/C(C)=N\NC(=O)c4ccc(CN5CCOCC5)cc4)cc3[C@@H]3C=CC[C@@H]32)cc1. The second kappa shape index (κ2) is 12.3. The first kappa shape index (κ1) is 27.9. The quantitative estimate of drug-likeness (QED) is 0.176. The van der Waals surface area contributed by atoms with Crippen LogP contribution in [0.15, 0.2) is 84.0 Å². The number of ether oxygens (including phenoxy) is 2. The number of carbonyl (C=O) groups excluding carboxylic acids is 2. The highest BCUT2D eigenvalue weighted by atomic mass is 16.5. The van der Waals surface area contributed by atoms with E-state index in [1.165, 1.54) is 18.2 Å². The Morgan fingerprint density at radius 2 is 1.71 bits per heavy atom. The molecule has 0 aromatic heterocycles. The van der Waals surface area contributed by atoms with Gasteiger partial charge < -0.3 is 14.8 Å². The molecule has 1 amide bonds. The van der Waals surface area contributed by atoms with Gasteiger partial charge >= 0.3 is 5.97 Å². The summed E-state index contributed by atoms with van der Waals surface area (Å²) in [7, 11) is 1.39. The van der Waals surface area contributed by atoms with Gasteiger partial charge in [0.25, 0.3) is 5.91 Å². The minimum Gasteiger partial charge on any atom is -0.465 e. The Morgan fingerprint density at radius 1 is 1.00 bits per heavy atom. The maximum Gasteiger partial charge on any atom is 0.337 e. The summed E-state index contributed by atoms with van der Waals surface area (Å²) >= 11 is 0. The van der Waals surface area contributed by atoms with Gasteiger partial charge in [-0.15, -0.1) is 0 Å². The Hall–Kier alpha value is -4.27. The van der Waals surface area contributed by atoms with E-state index >= 15 is 0 Å². The highest BCUT2D eigenvalue weighted by molar-refractivity contribution is 6.01. The average Bonchev–Trinajstić information content (AvgIpc) is 3.54. The van der Waals surface area contributed by atoms with Crippen LogP contribution in [-0.2, 0) is 16.0 Å². The van der Waals surface area contributed by atoms with Gasteiger partial charge in [-0.1, -0.05) is 42.5 Å². The Morgan fingerprint density at radius 3 is 2.45 bits per heavy atom. The molecular weight excluding hydrogens is 528 g/mol. The van der Waals surface area contributed by atoms with E-state index in [1.54, 1.807) is 0 Å². The largest absolute Gasteiger partial charge is 0.465 e. The van der Waals surface area contributed by atoms with Gasteiger partial charge in [0, 0.05) is 36.8 Å². The van der Waals surface area contributed by atoms with Crippen molar-refractivity contribution in [3.05, 3.63) is 112 Å². The standard InChI is InChI=1S/C34H36N4O4/c1-22(36-37-33(39)25-8-6-23(7-9-25)21-38-16-18-42-19-17-38)27-14-15-31-30(20-27)28-4-3-5-29(28)32(35-31)24-10-12-26(13-11-24)34(40)41-2/h3-4,6-15,20,28-29,32,35H,5,16-19,21H2,1-2H3,(H,37,39)/b36-22-/t28-,29+,32+/m1/s1. The third kappa shape index (κ3) is 5.86. The van der Waals surface area contributed by atoms with Crippen molar-refractivity contribution >= 4 is 23.3 Å². The molecule has 2 aliphatic heterocycles. The van der Waals surface area contributed by atoms with Crippen LogP contribution in [0.1, 0.15) is 68.3 Å². The van der Waals surface area contributed by atoms with E-state index in [1.807, 2.05) is 61.5 Å². The van der Waals surface area contributed by atoms with Crippen LogP contribution < -0.4 is 10.7 Å². The number of carbonyl (C=O) groups is 2. The van der Waals surface area contributed by atoms with Crippen molar-refractivity contribution in [1.82, 2.24) is 10.3 Å². The Labute approximate surface area is 246 Å². The van der Waals surface area contributed by atoms with E-state index in [-0.39, 0.29) is 23.8 Å². The van der Waals surface area contributed by atoms with Gasteiger partial charge in [-0.2, -0.15) is 5.10 Å². The number of hydrogen-bond donors (Lipinski definition) is 2. The topological polar surface area (TPSA) is 92.3 Å².